The highest BCUT2D eigenvalue weighted by Gasteiger charge is 2.29. The molecule has 0 amide bonds. The molecule has 96 valence electrons. The molecule has 3 nitrogen and oxygen atoms in total. The van der Waals surface area contributed by atoms with Crippen molar-refractivity contribution in [2.24, 2.45) is 0 Å². The van der Waals surface area contributed by atoms with Gasteiger partial charge in [-0.15, -0.1) is 0 Å². The maximum absolute atomic E-state index is 12.0. The van der Waals surface area contributed by atoms with Gasteiger partial charge in [-0.3, -0.25) is 0 Å². The summed E-state index contributed by atoms with van der Waals surface area (Å²) in [6.07, 6.45) is 2.08. The van der Waals surface area contributed by atoms with E-state index in [0.717, 1.165) is 18.9 Å². The molecule has 0 aliphatic carbocycles. The Morgan fingerprint density at radius 2 is 1.76 bits per heavy atom. The average molecular weight is 272 g/mol. The molecular weight excluding hydrogens is 252 g/mol. The fourth-order valence-corrected chi connectivity index (χ4v) is 6.37. The van der Waals surface area contributed by atoms with Crippen LogP contribution in [0.4, 0.5) is 0 Å². The minimum atomic E-state index is -3.59. The molecule has 1 aromatic rings. The SMILES string of the molecule is CCCC[Si](C)(C)OS(=O)(=O)c1ccccc1. The Labute approximate surface area is 105 Å². The molecule has 0 spiro atoms. The fraction of sp³-hybridized carbons (Fsp3) is 0.500. The van der Waals surface area contributed by atoms with E-state index in [1.165, 1.54) is 0 Å². The van der Waals surface area contributed by atoms with Crippen molar-refractivity contribution in [1.82, 2.24) is 0 Å². The molecule has 0 saturated carbocycles. The lowest BCUT2D eigenvalue weighted by atomic mass is 10.4. The lowest BCUT2D eigenvalue weighted by Gasteiger charge is -2.21. The van der Waals surface area contributed by atoms with Crippen molar-refractivity contribution in [3.63, 3.8) is 0 Å². The van der Waals surface area contributed by atoms with Crippen LogP contribution in [0.2, 0.25) is 19.1 Å². The van der Waals surface area contributed by atoms with Gasteiger partial charge in [-0.1, -0.05) is 38.0 Å². The molecule has 5 heteroatoms. The lowest BCUT2D eigenvalue weighted by Crippen LogP contribution is -2.33. The number of hydrogen-bond donors (Lipinski definition) is 0. The van der Waals surface area contributed by atoms with Crippen molar-refractivity contribution in [2.45, 2.75) is 43.8 Å². The molecule has 0 bridgehead atoms. The van der Waals surface area contributed by atoms with Gasteiger partial charge in [0.05, 0.1) is 4.90 Å². The van der Waals surface area contributed by atoms with Crippen LogP contribution < -0.4 is 0 Å². The molecule has 17 heavy (non-hydrogen) atoms. The molecule has 0 radical (unpaired) electrons. The Kier molecular flexibility index (Phi) is 4.91. The Bertz CT molecular complexity index is 440. The van der Waals surface area contributed by atoms with Crippen molar-refractivity contribution < 1.29 is 12.3 Å². The predicted octanol–water partition coefficient (Wildman–Crippen LogP) is 3.40. The predicted molar refractivity (Wildman–Crippen MR) is 71.9 cm³/mol. The molecule has 0 aliphatic heterocycles. The van der Waals surface area contributed by atoms with Gasteiger partial charge in [-0.25, -0.2) is 0 Å². The molecule has 0 fully saturated rings. The van der Waals surface area contributed by atoms with Crippen LogP contribution in [0, 0.1) is 0 Å². The highest BCUT2D eigenvalue weighted by molar-refractivity contribution is 7.87. The van der Waals surface area contributed by atoms with Gasteiger partial charge in [-0.05, 0) is 31.3 Å². The minimum Gasteiger partial charge on any atom is -0.312 e. The molecule has 0 N–H and O–H groups in total. The van der Waals surface area contributed by atoms with Crippen LogP contribution in [0.5, 0.6) is 0 Å². The van der Waals surface area contributed by atoms with Crippen molar-refractivity contribution in [3.05, 3.63) is 30.3 Å². The van der Waals surface area contributed by atoms with E-state index < -0.39 is 18.4 Å². The monoisotopic (exact) mass is 272 g/mol. The van der Waals surface area contributed by atoms with E-state index in [1.807, 2.05) is 13.1 Å². The van der Waals surface area contributed by atoms with E-state index in [2.05, 4.69) is 6.92 Å². The highest BCUT2D eigenvalue weighted by Crippen LogP contribution is 2.22. The summed E-state index contributed by atoms with van der Waals surface area (Å²) in [6.45, 7) is 5.99. The Morgan fingerprint density at radius 3 is 2.29 bits per heavy atom. The van der Waals surface area contributed by atoms with Crippen LogP contribution in [-0.4, -0.2) is 16.7 Å². The zero-order valence-corrected chi connectivity index (χ0v) is 12.5. The third kappa shape index (κ3) is 4.61. The largest absolute Gasteiger partial charge is 0.312 e. The molecule has 0 heterocycles. The first-order valence-corrected chi connectivity index (χ1v) is 10.4. The topological polar surface area (TPSA) is 43.4 Å². The molecule has 0 saturated heterocycles. The summed E-state index contributed by atoms with van der Waals surface area (Å²) in [5.41, 5.74) is 0. The van der Waals surface area contributed by atoms with Gasteiger partial charge < -0.3 is 3.87 Å². The molecule has 0 unspecified atom stereocenters. The molecule has 1 rings (SSSR count). The second kappa shape index (κ2) is 5.80. The number of unbranched alkanes of at least 4 members (excludes halogenated alkanes) is 1. The van der Waals surface area contributed by atoms with Crippen LogP contribution >= 0.6 is 0 Å². The first-order valence-electron chi connectivity index (χ1n) is 5.88. The van der Waals surface area contributed by atoms with Gasteiger partial charge >= 0.3 is 0 Å². The average Bonchev–Trinajstić information content (AvgIpc) is 2.26. The van der Waals surface area contributed by atoms with Gasteiger partial charge in [0.15, 0.2) is 0 Å². The van der Waals surface area contributed by atoms with Gasteiger partial charge in [0, 0.05) is 0 Å². The Balaban J connectivity index is 2.80. The third-order valence-corrected chi connectivity index (χ3v) is 7.59. The van der Waals surface area contributed by atoms with Crippen molar-refractivity contribution in [3.8, 4) is 0 Å². The van der Waals surface area contributed by atoms with Gasteiger partial charge in [-0.2, -0.15) is 8.42 Å². The van der Waals surface area contributed by atoms with Crippen LogP contribution in [0.25, 0.3) is 0 Å². The summed E-state index contributed by atoms with van der Waals surface area (Å²) in [7, 11) is -5.72. The van der Waals surface area contributed by atoms with Crippen LogP contribution in [0.1, 0.15) is 19.8 Å². The zero-order valence-electron chi connectivity index (χ0n) is 10.6. The summed E-state index contributed by atoms with van der Waals surface area (Å²) in [6, 6.07) is 9.21. The normalized spacial score (nSPS) is 12.6. The molecule has 1 aromatic carbocycles. The van der Waals surface area contributed by atoms with Crippen molar-refractivity contribution in [2.75, 3.05) is 0 Å². The van der Waals surface area contributed by atoms with Crippen molar-refractivity contribution >= 4 is 18.4 Å². The van der Waals surface area contributed by atoms with E-state index in [0.29, 0.717) is 0 Å². The third-order valence-electron chi connectivity index (χ3n) is 2.50. The van der Waals surface area contributed by atoms with Gasteiger partial charge in [0.25, 0.3) is 10.1 Å². The summed E-state index contributed by atoms with van der Waals surface area (Å²) < 4.78 is 29.5. The first-order chi connectivity index (χ1) is 7.87. The van der Waals surface area contributed by atoms with Crippen LogP contribution in [0.15, 0.2) is 35.2 Å². The quantitative estimate of drug-likeness (QED) is 0.745. The standard InChI is InChI=1S/C12H20O3SSi/c1-4-5-11-17(2,3)15-16(13,14)12-9-7-6-8-10-12/h6-10H,4-5,11H2,1-3H3. The fourth-order valence-electron chi connectivity index (χ4n) is 1.58. The van der Waals surface area contributed by atoms with Crippen molar-refractivity contribution in [1.29, 1.82) is 0 Å². The highest BCUT2D eigenvalue weighted by atomic mass is 32.2. The summed E-state index contributed by atoms with van der Waals surface area (Å²) in [5.74, 6) is 0. The first kappa shape index (κ1) is 14.4. The van der Waals surface area contributed by atoms with Crippen LogP contribution in [0.3, 0.4) is 0 Å². The van der Waals surface area contributed by atoms with E-state index in [1.54, 1.807) is 30.3 Å². The second-order valence-corrected chi connectivity index (χ2v) is 10.8. The van der Waals surface area contributed by atoms with E-state index >= 15 is 0 Å². The smallest absolute Gasteiger partial charge is 0.287 e. The Hall–Kier alpha value is -0.653. The summed E-state index contributed by atoms with van der Waals surface area (Å²) in [4.78, 5) is 0.247. The zero-order chi connectivity index (χ0) is 12.9. The van der Waals surface area contributed by atoms with E-state index in [9.17, 15) is 8.42 Å². The van der Waals surface area contributed by atoms with Crippen LogP contribution in [-0.2, 0) is 14.0 Å². The maximum Gasteiger partial charge on any atom is 0.287 e. The van der Waals surface area contributed by atoms with Gasteiger partial charge in [0.2, 0.25) is 8.32 Å². The second-order valence-electron chi connectivity index (χ2n) is 4.71. The number of hydrogen-bond acceptors (Lipinski definition) is 3. The van der Waals surface area contributed by atoms with Gasteiger partial charge in [0.1, 0.15) is 0 Å². The number of rotatable bonds is 6. The summed E-state index contributed by atoms with van der Waals surface area (Å²) in [5, 5.41) is 0. The molecule has 0 aliphatic rings. The molecule has 0 atom stereocenters. The summed E-state index contributed by atoms with van der Waals surface area (Å²) >= 11 is 0. The Morgan fingerprint density at radius 1 is 1.18 bits per heavy atom. The van der Waals surface area contributed by atoms with E-state index in [4.69, 9.17) is 3.87 Å². The maximum atomic E-state index is 12.0. The lowest BCUT2D eigenvalue weighted by molar-refractivity contribution is 0.480. The number of benzene rings is 1. The molecule has 0 aromatic heterocycles. The minimum absolute atomic E-state index is 0.247. The van der Waals surface area contributed by atoms with E-state index in [-0.39, 0.29) is 4.90 Å². The molecular formula is C12H20O3SSi.